The minimum absolute atomic E-state index is 0.0427. The first-order valence-corrected chi connectivity index (χ1v) is 7.17. The zero-order chi connectivity index (χ0) is 16.4. The topological polar surface area (TPSA) is 59.5 Å². The predicted molar refractivity (Wildman–Crippen MR) is 93.6 cm³/mol. The van der Waals surface area contributed by atoms with Crippen LogP contribution in [-0.4, -0.2) is 14.1 Å². The van der Waals surface area contributed by atoms with Gasteiger partial charge < -0.3 is 15.1 Å². The summed E-state index contributed by atoms with van der Waals surface area (Å²) in [4.78, 5) is 13.8. The number of benzene rings is 2. The number of anilines is 2. The molecule has 0 aliphatic carbocycles. The zero-order valence-electron chi connectivity index (χ0n) is 13.0. The number of nitrogens with zero attached hydrogens (tertiary/aromatic N) is 1. The van der Waals surface area contributed by atoms with Crippen LogP contribution in [-0.2, 0) is 0 Å². The molecule has 1 aromatic heterocycles. The van der Waals surface area contributed by atoms with Crippen molar-refractivity contribution >= 4 is 22.3 Å². The smallest absolute Gasteiger partial charge is 0.360 e. The molecule has 0 unspecified atom stereocenters. The summed E-state index contributed by atoms with van der Waals surface area (Å²) < 4.78 is 5.17. The van der Waals surface area contributed by atoms with E-state index in [2.05, 4.69) is 11.8 Å². The number of nitrogens with two attached hydrogens (primary N) is 1. The first-order valence-electron chi connectivity index (χ1n) is 7.17. The van der Waals surface area contributed by atoms with Gasteiger partial charge in [-0.05, 0) is 36.4 Å². The van der Waals surface area contributed by atoms with Gasteiger partial charge in [0.2, 0.25) is 0 Å². The Hall–Kier alpha value is -3.19. The van der Waals surface area contributed by atoms with Crippen LogP contribution < -0.4 is 16.3 Å². The lowest BCUT2D eigenvalue weighted by atomic mass is 10.1. The second-order valence-electron chi connectivity index (χ2n) is 5.37. The van der Waals surface area contributed by atoms with Crippen LogP contribution in [0.3, 0.4) is 0 Å². The molecule has 2 N–H and O–H groups in total. The van der Waals surface area contributed by atoms with Gasteiger partial charge in [0.1, 0.15) is 11.3 Å². The first kappa shape index (κ1) is 14.7. The third-order valence-corrected chi connectivity index (χ3v) is 3.56. The Bertz CT molecular complexity index is 974. The summed E-state index contributed by atoms with van der Waals surface area (Å²) in [7, 11) is 3.97. The van der Waals surface area contributed by atoms with Gasteiger partial charge in [0.05, 0.1) is 5.56 Å². The van der Waals surface area contributed by atoms with Gasteiger partial charge in [-0.1, -0.05) is 24.0 Å². The SMILES string of the molecule is CN(C)c1ccc(C#Cc2c(N)c(=O)oc3ccccc23)cc1. The van der Waals surface area contributed by atoms with Crippen molar-refractivity contribution in [3.63, 3.8) is 0 Å². The van der Waals surface area contributed by atoms with Gasteiger partial charge in [-0.2, -0.15) is 0 Å². The van der Waals surface area contributed by atoms with Crippen molar-refractivity contribution in [3.8, 4) is 11.8 Å². The van der Waals surface area contributed by atoms with E-state index in [1.807, 2.05) is 55.4 Å². The first-order chi connectivity index (χ1) is 11.1. The second kappa shape index (κ2) is 5.90. The lowest BCUT2D eigenvalue weighted by molar-refractivity contribution is 0.564. The van der Waals surface area contributed by atoms with Crippen molar-refractivity contribution in [2.45, 2.75) is 0 Å². The summed E-state index contributed by atoms with van der Waals surface area (Å²) in [5.41, 5.74) is 8.29. The van der Waals surface area contributed by atoms with Crippen LogP contribution in [0.15, 0.2) is 57.7 Å². The molecule has 0 saturated heterocycles. The van der Waals surface area contributed by atoms with Gasteiger partial charge in [-0.15, -0.1) is 0 Å². The molecule has 23 heavy (non-hydrogen) atoms. The molecule has 0 radical (unpaired) electrons. The molecule has 0 aliphatic heterocycles. The molecule has 0 saturated carbocycles. The van der Waals surface area contributed by atoms with Gasteiger partial charge in [0, 0.05) is 30.7 Å². The maximum absolute atomic E-state index is 11.8. The molecular weight excluding hydrogens is 288 g/mol. The molecule has 114 valence electrons. The van der Waals surface area contributed by atoms with Crippen molar-refractivity contribution in [2.24, 2.45) is 0 Å². The van der Waals surface area contributed by atoms with Gasteiger partial charge in [-0.25, -0.2) is 4.79 Å². The number of para-hydroxylation sites is 1. The summed E-state index contributed by atoms with van der Waals surface area (Å²) in [5, 5.41) is 0.738. The average molecular weight is 304 g/mol. The Kier molecular flexibility index (Phi) is 3.78. The number of hydrogen-bond donors (Lipinski definition) is 1. The molecular formula is C19H16N2O2. The van der Waals surface area contributed by atoms with E-state index in [-0.39, 0.29) is 5.69 Å². The summed E-state index contributed by atoms with van der Waals surface area (Å²) in [5.74, 6) is 6.07. The van der Waals surface area contributed by atoms with Crippen molar-refractivity contribution in [2.75, 3.05) is 24.7 Å². The quantitative estimate of drug-likeness (QED) is 0.555. The molecule has 2 aromatic carbocycles. The maximum Gasteiger partial charge on any atom is 0.360 e. The zero-order valence-corrected chi connectivity index (χ0v) is 13.0. The molecule has 3 rings (SSSR count). The van der Waals surface area contributed by atoms with E-state index in [9.17, 15) is 4.79 Å². The highest BCUT2D eigenvalue weighted by atomic mass is 16.4. The Balaban J connectivity index is 2.09. The Morgan fingerprint density at radius 2 is 1.70 bits per heavy atom. The molecule has 0 fully saturated rings. The Morgan fingerprint density at radius 3 is 2.39 bits per heavy atom. The normalized spacial score (nSPS) is 10.2. The molecule has 0 aliphatic rings. The lowest BCUT2D eigenvalue weighted by Crippen LogP contribution is -2.09. The van der Waals surface area contributed by atoms with E-state index >= 15 is 0 Å². The van der Waals surface area contributed by atoms with E-state index < -0.39 is 5.63 Å². The van der Waals surface area contributed by atoms with Crippen molar-refractivity contribution in [3.05, 3.63) is 70.1 Å². The third-order valence-electron chi connectivity index (χ3n) is 3.56. The lowest BCUT2D eigenvalue weighted by Gasteiger charge is -2.11. The number of rotatable bonds is 1. The van der Waals surface area contributed by atoms with Crippen LogP contribution in [0.2, 0.25) is 0 Å². The molecule has 0 bridgehead atoms. The monoisotopic (exact) mass is 304 g/mol. The summed E-state index contributed by atoms with van der Waals surface area (Å²) in [6, 6.07) is 15.1. The molecule has 4 heteroatoms. The standard InChI is InChI=1S/C19H16N2O2/c1-21(2)14-10-7-13(8-11-14)9-12-16-15-5-3-4-6-17(15)23-19(22)18(16)20/h3-8,10-11H,20H2,1-2H3. The molecule has 0 spiro atoms. The summed E-state index contributed by atoms with van der Waals surface area (Å²) >= 11 is 0. The highest BCUT2D eigenvalue weighted by Crippen LogP contribution is 2.20. The molecule has 0 amide bonds. The largest absolute Gasteiger partial charge is 0.421 e. The fourth-order valence-corrected chi connectivity index (χ4v) is 2.28. The van der Waals surface area contributed by atoms with Crippen molar-refractivity contribution < 1.29 is 4.42 Å². The van der Waals surface area contributed by atoms with Crippen LogP contribution in [0, 0.1) is 11.8 Å². The van der Waals surface area contributed by atoms with Crippen LogP contribution in [0.1, 0.15) is 11.1 Å². The number of fused-ring (bicyclic) bond motifs is 1. The van der Waals surface area contributed by atoms with Crippen LogP contribution in [0.25, 0.3) is 11.0 Å². The van der Waals surface area contributed by atoms with Gasteiger partial charge in [-0.3, -0.25) is 0 Å². The Morgan fingerprint density at radius 1 is 1.00 bits per heavy atom. The van der Waals surface area contributed by atoms with E-state index in [1.54, 1.807) is 12.1 Å². The maximum atomic E-state index is 11.8. The van der Waals surface area contributed by atoms with Crippen LogP contribution in [0.5, 0.6) is 0 Å². The fraction of sp³-hybridized carbons (Fsp3) is 0.105. The third kappa shape index (κ3) is 2.90. The summed E-state index contributed by atoms with van der Waals surface area (Å²) in [6.45, 7) is 0. The highest BCUT2D eigenvalue weighted by molar-refractivity contribution is 5.87. The van der Waals surface area contributed by atoms with Gasteiger partial charge in [0.25, 0.3) is 0 Å². The van der Waals surface area contributed by atoms with E-state index in [1.165, 1.54) is 0 Å². The summed E-state index contributed by atoms with van der Waals surface area (Å²) in [6.07, 6.45) is 0. The minimum Gasteiger partial charge on any atom is -0.421 e. The minimum atomic E-state index is -0.559. The molecule has 4 nitrogen and oxygen atoms in total. The van der Waals surface area contributed by atoms with Crippen molar-refractivity contribution in [1.29, 1.82) is 0 Å². The van der Waals surface area contributed by atoms with E-state index in [0.717, 1.165) is 16.6 Å². The van der Waals surface area contributed by atoms with Gasteiger partial charge in [0.15, 0.2) is 0 Å². The second-order valence-corrected chi connectivity index (χ2v) is 5.37. The predicted octanol–water partition coefficient (Wildman–Crippen LogP) is 2.84. The molecule has 3 aromatic rings. The number of nitrogen functional groups attached to an aromatic ring is 1. The molecule has 1 heterocycles. The van der Waals surface area contributed by atoms with E-state index in [4.69, 9.17) is 10.2 Å². The van der Waals surface area contributed by atoms with Crippen LogP contribution >= 0.6 is 0 Å². The van der Waals surface area contributed by atoms with Crippen LogP contribution in [0.4, 0.5) is 11.4 Å². The molecule has 0 atom stereocenters. The fourth-order valence-electron chi connectivity index (χ4n) is 2.28. The van der Waals surface area contributed by atoms with Crippen molar-refractivity contribution in [1.82, 2.24) is 0 Å². The van der Waals surface area contributed by atoms with E-state index in [0.29, 0.717) is 11.1 Å². The Labute approximate surface area is 134 Å². The average Bonchev–Trinajstić information content (AvgIpc) is 2.55. The number of hydrogen-bond acceptors (Lipinski definition) is 4. The van der Waals surface area contributed by atoms with Gasteiger partial charge >= 0.3 is 5.63 Å². The highest BCUT2D eigenvalue weighted by Gasteiger charge is 2.09.